The zero-order valence-corrected chi connectivity index (χ0v) is 21.5. The van der Waals surface area contributed by atoms with Gasteiger partial charge in [-0.3, -0.25) is 9.59 Å². The van der Waals surface area contributed by atoms with Crippen molar-refractivity contribution in [2.24, 2.45) is 0 Å². The number of carbonyl (C=O) groups excluding carboxylic acids is 2. The molecule has 0 atom stereocenters. The topological polar surface area (TPSA) is 95.1 Å². The summed E-state index contributed by atoms with van der Waals surface area (Å²) in [6, 6.07) is 15.4. The van der Waals surface area contributed by atoms with Gasteiger partial charge >= 0.3 is 0 Å². The number of hydrogen-bond donors (Lipinski definition) is 2. The molecule has 0 saturated heterocycles. The maximum atomic E-state index is 13.2. The minimum Gasteiger partial charge on any atom is -0.493 e. The van der Waals surface area contributed by atoms with Crippen LogP contribution in [0.25, 0.3) is 0 Å². The van der Waals surface area contributed by atoms with Crippen LogP contribution in [0.4, 0.5) is 11.4 Å². The van der Waals surface area contributed by atoms with Crippen LogP contribution in [0.2, 0.25) is 0 Å². The van der Waals surface area contributed by atoms with Crippen molar-refractivity contribution in [3.05, 3.63) is 70.2 Å². The molecule has 2 N–H and O–H groups in total. The lowest BCUT2D eigenvalue weighted by Crippen LogP contribution is -2.16. The molecule has 2 amide bonds. The van der Waals surface area contributed by atoms with Crippen LogP contribution in [0.5, 0.6) is 23.0 Å². The first kappa shape index (κ1) is 25.9. The Bertz CT molecular complexity index is 1210. The van der Waals surface area contributed by atoms with E-state index in [4.69, 9.17) is 18.9 Å². The summed E-state index contributed by atoms with van der Waals surface area (Å²) in [5.74, 6) is 0.754. The summed E-state index contributed by atoms with van der Waals surface area (Å²) in [6.07, 6.45) is 0. The van der Waals surface area contributed by atoms with Crippen LogP contribution in [0, 0.1) is 0 Å². The fraction of sp³-hybridized carbons (Fsp3) is 0.231. The van der Waals surface area contributed by atoms with Gasteiger partial charge in [0.15, 0.2) is 11.5 Å². The maximum absolute atomic E-state index is 13.2. The lowest BCUT2D eigenvalue weighted by Gasteiger charge is -2.18. The van der Waals surface area contributed by atoms with E-state index in [0.717, 1.165) is 0 Å². The Morgan fingerprint density at radius 1 is 0.743 bits per heavy atom. The van der Waals surface area contributed by atoms with Crippen molar-refractivity contribution in [2.75, 3.05) is 38.1 Å². The third-order valence-electron chi connectivity index (χ3n) is 4.94. The minimum absolute atomic E-state index is 0.290. The number of nitrogens with one attached hydrogen (secondary N) is 2. The Balaban J connectivity index is 1.98. The van der Waals surface area contributed by atoms with E-state index in [9.17, 15) is 9.59 Å². The number of hydrogen-bond acceptors (Lipinski definition) is 6. The Morgan fingerprint density at radius 3 is 1.80 bits per heavy atom. The molecule has 0 aromatic heterocycles. The molecular formula is C26H27BrN2O6. The Kier molecular flexibility index (Phi) is 8.97. The molecule has 0 bridgehead atoms. The SMILES string of the molecule is CCOc1cc(NC(=O)c2cccc(OC)c2OC)c(OCC)cc1NC(=O)c1ccccc1Br. The average molecular weight is 543 g/mol. The number of benzene rings is 3. The zero-order chi connectivity index (χ0) is 25.4. The third-order valence-corrected chi connectivity index (χ3v) is 5.64. The zero-order valence-electron chi connectivity index (χ0n) is 19.9. The van der Waals surface area contributed by atoms with Crippen molar-refractivity contribution >= 4 is 39.1 Å². The van der Waals surface area contributed by atoms with Crippen molar-refractivity contribution in [3.63, 3.8) is 0 Å². The highest BCUT2D eigenvalue weighted by Gasteiger charge is 2.21. The van der Waals surface area contributed by atoms with E-state index in [2.05, 4.69) is 26.6 Å². The predicted molar refractivity (Wildman–Crippen MR) is 138 cm³/mol. The van der Waals surface area contributed by atoms with E-state index < -0.39 is 5.91 Å². The van der Waals surface area contributed by atoms with E-state index in [1.54, 1.807) is 48.5 Å². The van der Waals surface area contributed by atoms with Crippen LogP contribution in [0.1, 0.15) is 34.6 Å². The molecule has 0 fully saturated rings. The van der Waals surface area contributed by atoms with Crippen molar-refractivity contribution in [3.8, 4) is 23.0 Å². The van der Waals surface area contributed by atoms with Crippen LogP contribution in [-0.2, 0) is 0 Å². The molecule has 3 aromatic rings. The highest BCUT2D eigenvalue weighted by Crippen LogP contribution is 2.38. The number of halogens is 1. The molecule has 9 heteroatoms. The number of methoxy groups -OCH3 is 2. The van der Waals surface area contributed by atoms with E-state index in [-0.39, 0.29) is 5.91 Å². The monoisotopic (exact) mass is 542 g/mol. The van der Waals surface area contributed by atoms with Gasteiger partial charge in [-0.05, 0) is 54.0 Å². The first-order chi connectivity index (χ1) is 16.9. The predicted octanol–water partition coefficient (Wildman–Crippen LogP) is 5.77. The van der Waals surface area contributed by atoms with Crippen LogP contribution in [-0.4, -0.2) is 39.2 Å². The minimum atomic E-state index is -0.422. The second-order valence-electron chi connectivity index (χ2n) is 7.14. The summed E-state index contributed by atoms with van der Waals surface area (Å²) >= 11 is 3.40. The number of rotatable bonds is 10. The molecule has 0 aliphatic rings. The Hall–Kier alpha value is -3.72. The van der Waals surface area contributed by atoms with Crippen molar-refractivity contribution in [1.29, 1.82) is 0 Å². The molecule has 0 unspecified atom stereocenters. The van der Waals surface area contributed by atoms with Crippen LogP contribution < -0.4 is 29.6 Å². The first-order valence-corrected chi connectivity index (χ1v) is 11.7. The van der Waals surface area contributed by atoms with Gasteiger partial charge in [0.2, 0.25) is 0 Å². The maximum Gasteiger partial charge on any atom is 0.259 e. The molecule has 0 aliphatic heterocycles. The van der Waals surface area contributed by atoms with Gasteiger partial charge < -0.3 is 29.6 Å². The average Bonchev–Trinajstić information content (AvgIpc) is 2.86. The number of ether oxygens (including phenoxy) is 4. The van der Waals surface area contributed by atoms with Gasteiger partial charge in [0.1, 0.15) is 11.5 Å². The molecule has 0 spiro atoms. The molecule has 3 rings (SSSR count). The largest absolute Gasteiger partial charge is 0.493 e. The van der Waals surface area contributed by atoms with Crippen molar-refractivity contribution in [1.82, 2.24) is 0 Å². The van der Waals surface area contributed by atoms with Gasteiger partial charge in [-0.15, -0.1) is 0 Å². The quantitative estimate of drug-likeness (QED) is 0.337. The van der Waals surface area contributed by atoms with Gasteiger partial charge in [0, 0.05) is 16.6 Å². The summed E-state index contributed by atoms with van der Waals surface area (Å²) in [7, 11) is 2.97. The highest BCUT2D eigenvalue weighted by atomic mass is 79.9. The fourth-order valence-corrected chi connectivity index (χ4v) is 3.86. The number of carbonyl (C=O) groups is 2. The van der Waals surface area contributed by atoms with E-state index >= 15 is 0 Å². The van der Waals surface area contributed by atoms with Gasteiger partial charge in [0.25, 0.3) is 11.8 Å². The molecule has 3 aromatic carbocycles. The third kappa shape index (κ3) is 6.05. The van der Waals surface area contributed by atoms with Gasteiger partial charge in [-0.1, -0.05) is 18.2 Å². The summed E-state index contributed by atoms with van der Waals surface area (Å²) in [6.45, 7) is 4.35. The molecule has 0 aliphatic carbocycles. The standard InChI is InChI=1S/C26H27BrN2O6/c1-5-34-22-15-20(29-26(31)17-11-9-13-21(32-3)24(17)33-4)23(35-6-2)14-19(22)28-25(30)16-10-7-8-12-18(16)27/h7-15H,5-6H2,1-4H3,(H,28,30)(H,29,31). The summed E-state index contributed by atoms with van der Waals surface area (Å²) in [5, 5.41) is 5.73. The molecule has 0 heterocycles. The van der Waals surface area contributed by atoms with Gasteiger partial charge in [0.05, 0.1) is 49.9 Å². The van der Waals surface area contributed by atoms with Crippen LogP contribution >= 0.6 is 15.9 Å². The molecular weight excluding hydrogens is 516 g/mol. The molecule has 184 valence electrons. The van der Waals surface area contributed by atoms with Crippen molar-refractivity contribution < 1.29 is 28.5 Å². The smallest absolute Gasteiger partial charge is 0.259 e. The molecule has 0 saturated carbocycles. The van der Waals surface area contributed by atoms with E-state index in [0.29, 0.717) is 63.2 Å². The normalized spacial score (nSPS) is 10.3. The van der Waals surface area contributed by atoms with Crippen molar-refractivity contribution in [2.45, 2.75) is 13.8 Å². The van der Waals surface area contributed by atoms with Crippen LogP contribution in [0.3, 0.4) is 0 Å². The molecule has 35 heavy (non-hydrogen) atoms. The summed E-state index contributed by atoms with van der Waals surface area (Å²) in [5.41, 5.74) is 1.55. The highest BCUT2D eigenvalue weighted by molar-refractivity contribution is 9.10. The molecule has 0 radical (unpaired) electrons. The number of anilines is 2. The lowest BCUT2D eigenvalue weighted by molar-refractivity contribution is 0.101. The van der Waals surface area contributed by atoms with E-state index in [1.807, 2.05) is 19.9 Å². The van der Waals surface area contributed by atoms with E-state index in [1.165, 1.54) is 14.2 Å². The molecule has 8 nitrogen and oxygen atoms in total. The number of para-hydroxylation sites is 1. The lowest BCUT2D eigenvalue weighted by atomic mass is 10.1. The van der Waals surface area contributed by atoms with Gasteiger partial charge in [-0.25, -0.2) is 0 Å². The Morgan fingerprint density at radius 2 is 1.29 bits per heavy atom. The second-order valence-corrected chi connectivity index (χ2v) is 7.99. The van der Waals surface area contributed by atoms with Crippen LogP contribution in [0.15, 0.2) is 59.1 Å². The Labute approximate surface area is 212 Å². The summed E-state index contributed by atoms with van der Waals surface area (Å²) < 4.78 is 22.9. The second kappa shape index (κ2) is 12.1. The fourth-order valence-electron chi connectivity index (χ4n) is 3.40. The number of amides is 2. The summed E-state index contributed by atoms with van der Waals surface area (Å²) in [4.78, 5) is 26.1. The van der Waals surface area contributed by atoms with Gasteiger partial charge in [-0.2, -0.15) is 0 Å². The first-order valence-electron chi connectivity index (χ1n) is 10.9.